The first-order valence-electron chi connectivity index (χ1n) is 10.2. The van der Waals surface area contributed by atoms with E-state index in [1.54, 1.807) is 54.6 Å². The molecule has 3 aromatic carbocycles. The molecule has 0 aromatic heterocycles. The van der Waals surface area contributed by atoms with Gasteiger partial charge in [0.15, 0.2) is 5.78 Å². The molecule has 2 N–H and O–H groups in total. The molecular formula is C25H24N2O4S. The third-order valence-electron chi connectivity index (χ3n) is 4.85. The number of benzene rings is 3. The van der Waals surface area contributed by atoms with Crippen molar-refractivity contribution in [2.24, 2.45) is 0 Å². The van der Waals surface area contributed by atoms with E-state index < -0.39 is 11.0 Å². The summed E-state index contributed by atoms with van der Waals surface area (Å²) in [5.74, 6) is 0.297. The smallest absolute Gasteiger partial charge is 0.163 e. The molecule has 0 amide bonds. The van der Waals surface area contributed by atoms with Crippen molar-refractivity contribution in [1.82, 2.24) is 0 Å². The van der Waals surface area contributed by atoms with Crippen LogP contribution in [0.4, 0.5) is 5.69 Å². The van der Waals surface area contributed by atoms with Crippen LogP contribution in [0.25, 0.3) is 0 Å². The number of hydrogen-bond donors (Lipinski definition) is 2. The van der Waals surface area contributed by atoms with Crippen molar-refractivity contribution in [2.45, 2.75) is 38.2 Å². The van der Waals surface area contributed by atoms with Crippen LogP contribution in [0.15, 0.2) is 65.6 Å². The van der Waals surface area contributed by atoms with Gasteiger partial charge in [-0.2, -0.15) is 5.26 Å². The lowest BCUT2D eigenvalue weighted by atomic mass is 10.0. The zero-order valence-electron chi connectivity index (χ0n) is 17.9. The van der Waals surface area contributed by atoms with Crippen LogP contribution in [0.1, 0.15) is 47.3 Å². The number of carbonyl (C=O) groups excluding carboxylic acids is 1. The lowest BCUT2D eigenvalue weighted by Crippen LogP contribution is -2.06. The second-order valence-corrected chi connectivity index (χ2v) is 8.45. The highest BCUT2D eigenvalue weighted by Gasteiger charge is 2.16. The molecule has 0 saturated heterocycles. The topological polar surface area (TPSA) is 99.4 Å². The standard InChI is InChI=1S/C25H24N2O4S/c1-3-5-23-24(13-12-22(17(2)28)25(23)29)31-16-19-6-4-7-21(14-19)32(30)27-20-10-8-18(15-26)9-11-20/h4,6-14,27,29H,3,5,16H2,1-2H3. The minimum absolute atomic E-state index is 0.0293. The number of Topliss-reactive ketones (excluding diaryl/α,β-unsaturated/α-hetero) is 1. The first-order chi connectivity index (χ1) is 15.4. The van der Waals surface area contributed by atoms with E-state index >= 15 is 0 Å². The number of hydrogen-bond acceptors (Lipinski definition) is 5. The van der Waals surface area contributed by atoms with E-state index in [9.17, 15) is 14.1 Å². The summed E-state index contributed by atoms with van der Waals surface area (Å²) < 4.78 is 21.6. The van der Waals surface area contributed by atoms with E-state index in [0.717, 1.165) is 12.0 Å². The van der Waals surface area contributed by atoms with Crippen LogP contribution in [0, 0.1) is 11.3 Å². The molecule has 32 heavy (non-hydrogen) atoms. The summed E-state index contributed by atoms with van der Waals surface area (Å²) in [6.07, 6.45) is 1.38. The molecule has 0 heterocycles. The normalized spacial score (nSPS) is 11.4. The van der Waals surface area contributed by atoms with Gasteiger partial charge in [0, 0.05) is 11.3 Å². The Morgan fingerprint density at radius 3 is 2.56 bits per heavy atom. The number of rotatable bonds is 9. The summed E-state index contributed by atoms with van der Waals surface area (Å²) in [6.45, 7) is 3.63. The van der Waals surface area contributed by atoms with Crippen LogP contribution in [0.3, 0.4) is 0 Å². The zero-order chi connectivity index (χ0) is 23.1. The highest BCUT2D eigenvalue weighted by atomic mass is 32.2. The van der Waals surface area contributed by atoms with Crippen LogP contribution >= 0.6 is 0 Å². The van der Waals surface area contributed by atoms with Crippen LogP contribution in [0.2, 0.25) is 0 Å². The molecule has 3 rings (SSSR count). The summed E-state index contributed by atoms with van der Waals surface area (Å²) in [5, 5.41) is 19.4. The van der Waals surface area contributed by atoms with Crippen molar-refractivity contribution in [3.63, 3.8) is 0 Å². The number of phenols is 1. The molecule has 0 saturated carbocycles. The van der Waals surface area contributed by atoms with Crippen LogP contribution in [-0.4, -0.2) is 15.1 Å². The van der Waals surface area contributed by atoms with Crippen LogP contribution in [-0.2, 0) is 24.0 Å². The first kappa shape index (κ1) is 23.0. The van der Waals surface area contributed by atoms with Gasteiger partial charge >= 0.3 is 0 Å². The van der Waals surface area contributed by atoms with E-state index in [1.165, 1.54) is 6.92 Å². The van der Waals surface area contributed by atoms with Crippen molar-refractivity contribution < 1.29 is 18.8 Å². The zero-order valence-corrected chi connectivity index (χ0v) is 18.7. The number of ether oxygens (including phenoxy) is 1. The predicted molar refractivity (Wildman–Crippen MR) is 124 cm³/mol. The lowest BCUT2D eigenvalue weighted by molar-refractivity contribution is 0.101. The van der Waals surface area contributed by atoms with Gasteiger partial charge in [-0.15, -0.1) is 0 Å². The molecule has 3 aromatic rings. The molecule has 0 fully saturated rings. The van der Waals surface area contributed by atoms with Gasteiger partial charge in [-0.05, 0) is 67.4 Å². The first-order valence-corrected chi connectivity index (χ1v) is 11.3. The quantitative estimate of drug-likeness (QED) is 0.442. The summed E-state index contributed by atoms with van der Waals surface area (Å²) in [4.78, 5) is 12.3. The van der Waals surface area contributed by atoms with E-state index in [2.05, 4.69) is 4.72 Å². The summed E-state index contributed by atoms with van der Waals surface area (Å²) in [5.41, 5.74) is 2.89. The number of nitrogens with zero attached hydrogens (tertiary/aromatic N) is 1. The molecule has 1 atom stereocenters. The lowest BCUT2D eigenvalue weighted by Gasteiger charge is -2.15. The largest absolute Gasteiger partial charge is 0.507 e. The minimum Gasteiger partial charge on any atom is -0.507 e. The summed E-state index contributed by atoms with van der Waals surface area (Å²) >= 11 is 0. The molecule has 0 spiro atoms. The van der Waals surface area contributed by atoms with Gasteiger partial charge in [-0.1, -0.05) is 25.5 Å². The third kappa shape index (κ3) is 5.54. The van der Waals surface area contributed by atoms with Gasteiger partial charge in [0.25, 0.3) is 0 Å². The van der Waals surface area contributed by atoms with Gasteiger partial charge in [-0.3, -0.25) is 4.79 Å². The van der Waals surface area contributed by atoms with Crippen molar-refractivity contribution in [2.75, 3.05) is 4.72 Å². The molecule has 0 aliphatic heterocycles. The maximum atomic E-state index is 12.7. The Balaban J connectivity index is 1.73. The molecular weight excluding hydrogens is 424 g/mol. The fourth-order valence-electron chi connectivity index (χ4n) is 3.22. The number of ketones is 1. The maximum absolute atomic E-state index is 12.7. The fourth-order valence-corrected chi connectivity index (χ4v) is 4.15. The third-order valence-corrected chi connectivity index (χ3v) is 5.95. The van der Waals surface area contributed by atoms with Gasteiger partial charge in [0.2, 0.25) is 0 Å². The maximum Gasteiger partial charge on any atom is 0.163 e. The fraction of sp³-hybridized carbons (Fsp3) is 0.200. The molecule has 164 valence electrons. The number of nitriles is 1. The number of nitrogens with one attached hydrogen (secondary N) is 1. The average molecular weight is 449 g/mol. The molecule has 0 aliphatic carbocycles. The molecule has 6 nitrogen and oxygen atoms in total. The molecule has 0 bridgehead atoms. The SMILES string of the molecule is CCCc1c(OCc2cccc(S(=O)Nc3ccc(C#N)cc3)c2)ccc(C(C)=O)c1O. The Bertz CT molecular complexity index is 1180. The number of anilines is 1. The van der Waals surface area contributed by atoms with Crippen LogP contribution in [0.5, 0.6) is 11.5 Å². The highest BCUT2D eigenvalue weighted by Crippen LogP contribution is 2.33. The van der Waals surface area contributed by atoms with E-state index in [0.29, 0.717) is 33.9 Å². The Labute approximate surface area is 190 Å². The van der Waals surface area contributed by atoms with Crippen LogP contribution < -0.4 is 9.46 Å². The van der Waals surface area contributed by atoms with Gasteiger partial charge in [-0.25, -0.2) is 4.21 Å². The average Bonchev–Trinajstić information content (AvgIpc) is 2.80. The number of aromatic hydroxyl groups is 1. The molecule has 0 aliphatic rings. The van der Waals surface area contributed by atoms with Crippen molar-refractivity contribution in [3.05, 3.63) is 82.9 Å². The second kappa shape index (κ2) is 10.6. The highest BCUT2D eigenvalue weighted by molar-refractivity contribution is 7.86. The van der Waals surface area contributed by atoms with E-state index in [-0.39, 0.29) is 23.7 Å². The summed E-state index contributed by atoms with van der Waals surface area (Å²) in [6, 6.07) is 19.3. The summed E-state index contributed by atoms with van der Waals surface area (Å²) in [7, 11) is -1.49. The molecule has 1 unspecified atom stereocenters. The van der Waals surface area contributed by atoms with Crippen molar-refractivity contribution in [1.29, 1.82) is 5.26 Å². The van der Waals surface area contributed by atoms with Gasteiger partial charge in [0.1, 0.15) is 29.1 Å². The second-order valence-electron chi connectivity index (χ2n) is 7.24. The van der Waals surface area contributed by atoms with Gasteiger partial charge in [0.05, 0.1) is 22.1 Å². The Kier molecular flexibility index (Phi) is 7.63. The van der Waals surface area contributed by atoms with E-state index in [1.807, 2.05) is 19.1 Å². The van der Waals surface area contributed by atoms with Gasteiger partial charge < -0.3 is 14.6 Å². The Hall–Kier alpha value is -3.63. The molecule has 7 heteroatoms. The minimum atomic E-state index is -1.49. The monoisotopic (exact) mass is 448 g/mol. The van der Waals surface area contributed by atoms with Crippen molar-refractivity contribution >= 4 is 22.5 Å². The number of phenolic OH excluding ortho intramolecular Hbond substituents is 1. The molecule has 0 radical (unpaired) electrons. The van der Waals surface area contributed by atoms with Crippen molar-refractivity contribution in [3.8, 4) is 17.6 Å². The number of carbonyl (C=O) groups is 1. The Morgan fingerprint density at radius 1 is 1.16 bits per heavy atom. The van der Waals surface area contributed by atoms with E-state index in [4.69, 9.17) is 10.00 Å². The predicted octanol–water partition coefficient (Wildman–Crippen LogP) is 5.13. The Morgan fingerprint density at radius 2 is 1.91 bits per heavy atom.